The molecule has 1 saturated heterocycles. The molecule has 5 nitrogen and oxygen atoms in total. The Morgan fingerprint density at radius 2 is 1.88 bits per heavy atom. The lowest BCUT2D eigenvalue weighted by Gasteiger charge is -2.14. The van der Waals surface area contributed by atoms with Gasteiger partial charge in [0, 0.05) is 13.2 Å². The molecule has 1 heterocycles. The summed E-state index contributed by atoms with van der Waals surface area (Å²) < 4.78 is 17.0. The van der Waals surface area contributed by atoms with Crippen molar-refractivity contribution in [2.24, 2.45) is 0 Å². The van der Waals surface area contributed by atoms with Gasteiger partial charge in [0.25, 0.3) is 5.91 Å². The Balaban J connectivity index is 1.42. The standard InChI is InChI=1S/C21H25NO4/c23-21(22-13-7-15-24-17-8-2-1-3-9-17)19-11-4-5-12-20(19)26-16-18-10-6-14-25-18/h1-5,8-9,11-12,18H,6-7,10,13-16H2,(H,22,23). The van der Waals surface area contributed by atoms with Crippen LogP contribution in [-0.4, -0.2) is 38.4 Å². The summed E-state index contributed by atoms with van der Waals surface area (Å²) in [5, 5.41) is 2.92. The van der Waals surface area contributed by atoms with Crippen LogP contribution in [0.1, 0.15) is 29.6 Å². The minimum Gasteiger partial charge on any atom is -0.494 e. The maximum atomic E-state index is 12.4. The first-order valence-corrected chi connectivity index (χ1v) is 9.12. The van der Waals surface area contributed by atoms with Crippen molar-refractivity contribution in [1.29, 1.82) is 0 Å². The van der Waals surface area contributed by atoms with Crippen LogP contribution >= 0.6 is 0 Å². The van der Waals surface area contributed by atoms with Crippen LogP contribution in [0, 0.1) is 0 Å². The van der Waals surface area contributed by atoms with Crippen LogP contribution in [0.3, 0.4) is 0 Å². The lowest BCUT2D eigenvalue weighted by molar-refractivity contribution is 0.0670. The Morgan fingerprint density at radius 3 is 2.69 bits per heavy atom. The maximum Gasteiger partial charge on any atom is 0.255 e. The first-order chi connectivity index (χ1) is 12.8. The van der Waals surface area contributed by atoms with Crippen molar-refractivity contribution in [2.75, 3.05) is 26.4 Å². The predicted octanol–water partition coefficient (Wildman–Crippen LogP) is 3.44. The molecule has 3 rings (SSSR count). The SMILES string of the molecule is O=C(NCCCOc1ccccc1)c1ccccc1OCC1CCCO1. The van der Waals surface area contributed by atoms with Crippen molar-refractivity contribution in [1.82, 2.24) is 5.32 Å². The lowest BCUT2D eigenvalue weighted by atomic mass is 10.2. The van der Waals surface area contributed by atoms with Gasteiger partial charge in [-0.3, -0.25) is 4.79 Å². The average Bonchev–Trinajstić information content (AvgIpc) is 3.20. The number of carbonyl (C=O) groups is 1. The molecule has 1 amide bonds. The third-order valence-corrected chi connectivity index (χ3v) is 4.20. The molecule has 0 spiro atoms. The summed E-state index contributed by atoms with van der Waals surface area (Å²) in [5.74, 6) is 1.31. The second-order valence-electron chi connectivity index (χ2n) is 6.21. The Labute approximate surface area is 154 Å². The van der Waals surface area contributed by atoms with Crippen LogP contribution in [0.4, 0.5) is 0 Å². The van der Waals surface area contributed by atoms with Crippen LogP contribution < -0.4 is 14.8 Å². The summed E-state index contributed by atoms with van der Waals surface area (Å²) in [6, 6.07) is 17.0. The molecule has 0 radical (unpaired) electrons. The lowest BCUT2D eigenvalue weighted by Crippen LogP contribution is -2.26. The van der Waals surface area contributed by atoms with E-state index >= 15 is 0 Å². The molecule has 1 fully saturated rings. The molecule has 0 saturated carbocycles. The summed E-state index contributed by atoms with van der Waals surface area (Å²) in [6.07, 6.45) is 2.94. The number of benzene rings is 2. The molecule has 0 bridgehead atoms. The van der Waals surface area contributed by atoms with E-state index < -0.39 is 0 Å². The minimum atomic E-state index is -0.132. The highest BCUT2D eigenvalue weighted by atomic mass is 16.5. The number of ether oxygens (including phenoxy) is 3. The molecular weight excluding hydrogens is 330 g/mol. The van der Waals surface area contributed by atoms with Crippen LogP contribution in [0.5, 0.6) is 11.5 Å². The van der Waals surface area contributed by atoms with E-state index in [0.29, 0.717) is 31.1 Å². The zero-order valence-corrected chi connectivity index (χ0v) is 14.9. The van der Waals surface area contributed by atoms with Crippen molar-refractivity contribution in [3.63, 3.8) is 0 Å². The van der Waals surface area contributed by atoms with Crippen molar-refractivity contribution in [3.05, 3.63) is 60.2 Å². The monoisotopic (exact) mass is 355 g/mol. The molecule has 0 aliphatic carbocycles. The number of para-hydroxylation sites is 2. The molecule has 1 atom stereocenters. The highest BCUT2D eigenvalue weighted by Gasteiger charge is 2.18. The topological polar surface area (TPSA) is 56.8 Å². The summed E-state index contributed by atoms with van der Waals surface area (Å²) in [4.78, 5) is 12.4. The number of hydrogen-bond acceptors (Lipinski definition) is 4. The van der Waals surface area contributed by atoms with Crippen molar-refractivity contribution < 1.29 is 19.0 Å². The van der Waals surface area contributed by atoms with Crippen LogP contribution in [0.2, 0.25) is 0 Å². The number of nitrogens with one attached hydrogen (secondary N) is 1. The van der Waals surface area contributed by atoms with Gasteiger partial charge in [0.15, 0.2) is 0 Å². The van der Waals surface area contributed by atoms with E-state index in [0.717, 1.165) is 31.6 Å². The Kier molecular flexibility index (Phi) is 6.90. The highest BCUT2D eigenvalue weighted by molar-refractivity contribution is 5.96. The quantitative estimate of drug-likeness (QED) is 0.700. The molecule has 2 aromatic carbocycles. The van der Waals surface area contributed by atoms with Crippen LogP contribution in [-0.2, 0) is 4.74 Å². The molecule has 5 heteroatoms. The van der Waals surface area contributed by atoms with Gasteiger partial charge in [-0.25, -0.2) is 0 Å². The van der Waals surface area contributed by atoms with Gasteiger partial charge in [-0.1, -0.05) is 30.3 Å². The molecule has 2 aromatic rings. The first kappa shape index (κ1) is 18.3. The number of carbonyl (C=O) groups excluding carboxylic acids is 1. The van der Waals surface area contributed by atoms with Gasteiger partial charge in [-0.2, -0.15) is 0 Å². The van der Waals surface area contributed by atoms with E-state index in [1.165, 1.54) is 0 Å². The van der Waals surface area contributed by atoms with E-state index in [1.54, 1.807) is 6.07 Å². The first-order valence-electron chi connectivity index (χ1n) is 9.12. The molecule has 1 aliphatic rings. The summed E-state index contributed by atoms with van der Waals surface area (Å²) in [5.41, 5.74) is 0.550. The summed E-state index contributed by atoms with van der Waals surface area (Å²) in [6.45, 7) is 2.38. The van der Waals surface area contributed by atoms with Crippen LogP contribution in [0.25, 0.3) is 0 Å². The van der Waals surface area contributed by atoms with Gasteiger partial charge in [-0.15, -0.1) is 0 Å². The number of amides is 1. The molecule has 1 aliphatic heterocycles. The molecule has 0 aromatic heterocycles. The third-order valence-electron chi connectivity index (χ3n) is 4.20. The Hall–Kier alpha value is -2.53. The zero-order valence-electron chi connectivity index (χ0n) is 14.9. The number of rotatable bonds is 9. The van der Waals surface area contributed by atoms with Gasteiger partial charge in [0.1, 0.15) is 18.1 Å². The Morgan fingerprint density at radius 1 is 1.08 bits per heavy atom. The largest absolute Gasteiger partial charge is 0.494 e. The number of hydrogen-bond donors (Lipinski definition) is 1. The fraction of sp³-hybridized carbons (Fsp3) is 0.381. The zero-order chi connectivity index (χ0) is 18.0. The van der Waals surface area contributed by atoms with Gasteiger partial charge >= 0.3 is 0 Å². The van der Waals surface area contributed by atoms with E-state index in [4.69, 9.17) is 14.2 Å². The molecule has 1 unspecified atom stereocenters. The van der Waals surface area contributed by atoms with E-state index in [9.17, 15) is 4.79 Å². The highest BCUT2D eigenvalue weighted by Crippen LogP contribution is 2.20. The maximum absolute atomic E-state index is 12.4. The summed E-state index contributed by atoms with van der Waals surface area (Å²) in [7, 11) is 0. The van der Waals surface area contributed by atoms with Crippen molar-refractivity contribution in [3.8, 4) is 11.5 Å². The molecule has 1 N–H and O–H groups in total. The van der Waals surface area contributed by atoms with Crippen LogP contribution in [0.15, 0.2) is 54.6 Å². The van der Waals surface area contributed by atoms with Crippen molar-refractivity contribution >= 4 is 5.91 Å². The smallest absolute Gasteiger partial charge is 0.255 e. The third kappa shape index (κ3) is 5.49. The predicted molar refractivity (Wildman–Crippen MR) is 99.8 cm³/mol. The van der Waals surface area contributed by atoms with Gasteiger partial charge in [0.05, 0.1) is 18.3 Å². The van der Waals surface area contributed by atoms with E-state index in [2.05, 4.69) is 5.32 Å². The molecule has 138 valence electrons. The van der Waals surface area contributed by atoms with Gasteiger partial charge < -0.3 is 19.5 Å². The minimum absolute atomic E-state index is 0.126. The van der Waals surface area contributed by atoms with Crippen molar-refractivity contribution in [2.45, 2.75) is 25.4 Å². The van der Waals surface area contributed by atoms with E-state index in [-0.39, 0.29) is 12.0 Å². The summed E-state index contributed by atoms with van der Waals surface area (Å²) >= 11 is 0. The fourth-order valence-electron chi connectivity index (χ4n) is 2.81. The molecular formula is C21H25NO4. The van der Waals surface area contributed by atoms with Gasteiger partial charge in [-0.05, 0) is 43.5 Å². The second kappa shape index (κ2) is 9.82. The van der Waals surface area contributed by atoms with Gasteiger partial charge in [0.2, 0.25) is 0 Å². The van der Waals surface area contributed by atoms with E-state index in [1.807, 2.05) is 48.5 Å². The Bertz CT molecular complexity index is 683. The molecule has 26 heavy (non-hydrogen) atoms. The normalized spacial score (nSPS) is 16.2. The second-order valence-corrected chi connectivity index (χ2v) is 6.21. The average molecular weight is 355 g/mol. The fourth-order valence-corrected chi connectivity index (χ4v) is 2.81.